The van der Waals surface area contributed by atoms with E-state index in [1.807, 2.05) is 66.7 Å². The first-order valence-corrected chi connectivity index (χ1v) is 8.92. The van der Waals surface area contributed by atoms with Crippen LogP contribution in [0.25, 0.3) is 11.1 Å². The van der Waals surface area contributed by atoms with E-state index in [0.717, 1.165) is 34.5 Å². The average molecular weight is 349 g/mol. The average Bonchev–Trinajstić information content (AvgIpc) is 2.76. The van der Waals surface area contributed by atoms with Crippen LogP contribution in [0.15, 0.2) is 109 Å². The molecule has 2 nitrogen and oxygen atoms in total. The van der Waals surface area contributed by atoms with Crippen LogP contribution in [0.3, 0.4) is 0 Å². The maximum Gasteiger partial charge on any atom is 0.150 e. The summed E-state index contributed by atoms with van der Waals surface area (Å²) in [4.78, 5) is 13.2. The molecule has 0 bridgehead atoms. The number of aldehydes is 1. The Morgan fingerprint density at radius 1 is 0.556 bits per heavy atom. The van der Waals surface area contributed by atoms with Crippen LogP contribution in [0.1, 0.15) is 10.4 Å². The van der Waals surface area contributed by atoms with Gasteiger partial charge in [0.1, 0.15) is 6.29 Å². The van der Waals surface area contributed by atoms with Crippen molar-refractivity contribution >= 4 is 23.3 Å². The summed E-state index contributed by atoms with van der Waals surface area (Å²) in [7, 11) is 0. The minimum absolute atomic E-state index is 0.680. The molecule has 0 saturated carbocycles. The molecule has 4 rings (SSSR count). The van der Waals surface area contributed by atoms with Gasteiger partial charge < -0.3 is 4.90 Å². The van der Waals surface area contributed by atoms with Crippen molar-refractivity contribution in [3.63, 3.8) is 0 Å². The summed E-state index contributed by atoms with van der Waals surface area (Å²) < 4.78 is 0. The maximum atomic E-state index is 11.0. The third-order valence-corrected chi connectivity index (χ3v) is 4.53. The smallest absolute Gasteiger partial charge is 0.150 e. The van der Waals surface area contributed by atoms with Crippen molar-refractivity contribution < 1.29 is 4.79 Å². The standard InChI is InChI=1S/C25H19NO/c27-19-20-15-17-21(18-16-20)24-13-7-8-14-25(24)26(22-9-3-1-4-10-22)23-11-5-2-6-12-23/h1-19H. The van der Waals surface area contributed by atoms with Gasteiger partial charge in [0.05, 0.1) is 5.69 Å². The molecular formula is C25H19NO. The second-order valence-electron chi connectivity index (χ2n) is 6.26. The van der Waals surface area contributed by atoms with Gasteiger partial charge in [-0.2, -0.15) is 0 Å². The zero-order valence-electron chi connectivity index (χ0n) is 14.8. The third kappa shape index (κ3) is 3.51. The number of para-hydroxylation sites is 3. The van der Waals surface area contributed by atoms with Crippen molar-refractivity contribution in [2.24, 2.45) is 0 Å². The Hall–Kier alpha value is -3.65. The van der Waals surface area contributed by atoms with Crippen molar-refractivity contribution in [1.29, 1.82) is 0 Å². The minimum atomic E-state index is 0.680. The number of anilines is 3. The van der Waals surface area contributed by atoms with Crippen LogP contribution in [-0.2, 0) is 0 Å². The van der Waals surface area contributed by atoms with Gasteiger partial charge in [-0.15, -0.1) is 0 Å². The fourth-order valence-corrected chi connectivity index (χ4v) is 3.24. The molecule has 0 unspecified atom stereocenters. The molecule has 0 amide bonds. The molecular weight excluding hydrogens is 330 g/mol. The number of carbonyl (C=O) groups is 1. The SMILES string of the molecule is O=Cc1ccc(-c2ccccc2N(c2ccccc2)c2ccccc2)cc1. The molecule has 0 aromatic heterocycles. The molecule has 2 heteroatoms. The number of hydrogen-bond donors (Lipinski definition) is 0. The van der Waals surface area contributed by atoms with Crippen molar-refractivity contribution in [3.8, 4) is 11.1 Å². The van der Waals surface area contributed by atoms with Crippen molar-refractivity contribution in [1.82, 2.24) is 0 Å². The Morgan fingerprint density at radius 3 is 1.63 bits per heavy atom. The highest BCUT2D eigenvalue weighted by atomic mass is 16.1. The fourth-order valence-electron chi connectivity index (χ4n) is 3.24. The zero-order chi connectivity index (χ0) is 18.5. The summed E-state index contributed by atoms with van der Waals surface area (Å²) in [5.74, 6) is 0. The van der Waals surface area contributed by atoms with Crippen LogP contribution in [0, 0.1) is 0 Å². The van der Waals surface area contributed by atoms with E-state index in [2.05, 4.69) is 47.4 Å². The number of carbonyl (C=O) groups excluding carboxylic acids is 1. The molecule has 4 aromatic carbocycles. The Labute approximate surface area is 159 Å². The molecule has 0 spiro atoms. The van der Waals surface area contributed by atoms with E-state index >= 15 is 0 Å². The van der Waals surface area contributed by atoms with Gasteiger partial charge in [-0.1, -0.05) is 78.9 Å². The van der Waals surface area contributed by atoms with Gasteiger partial charge in [0, 0.05) is 22.5 Å². The van der Waals surface area contributed by atoms with Crippen LogP contribution >= 0.6 is 0 Å². The summed E-state index contributed by atoms with van der Waals surface area (Å²) >= 11 is 0. The lowest BCUT2D eigenvalue weighted by Crippen LogP contribution is -2.10. The highest BCUT2D eigenvalue weighted by molar-refractivity contribution is 5.88. The zero-order valence-corrected chi connectivity index (χ0v) is 14.8. The molecule has 130 valence electrons. The summed E-state index contributed by atoms with van der Waals surface area (Å²) in [6.45, 7) is 0. The van der Waals surface area contributed by atoms with E-state index in [1.165, 1.54) is 0 Å². The quantitative estimate of drug-likeness (QED) is 0.377. The first-order valence-electron chi connectivity index (χ1n) is 8.92. The van der Waals surface area contributed by atoms with E-state index < -0.39 is 0 Å². The highest BCUT2D eigenvalue weighted by Gasteiger charge is 2.16. The van der Waals surface area contributed by atoms with Gasteiger partial charge >= 0.3 is 0 Å². The molecule has 0 radical (unpaired) electrons. The summed E-state index contributed by atoms with van der Waals surface area (Å²) in [6, 6.07) is 36.7. The van der Waals surface area contributed by atoms with Gasteiger partial charge in [-0.25, -0.2) is 0 Å². The topological polar surface area (TPSA) is 20.3 Å². The number of benzene rings is 4. The van der Waals surface area contributed by atoms with Gasteiger partial charge in [-0.05, 0) is 35.9 Å². The van der Waals surface area contributed by atoms with Crippen LogP contribution in [0.2, 0.25) is 0 Å². The second-order valence-corrected chi connectivity index (χ2v) is 6.26. The molecule has 0 atom stereocenters. The van der Waals surface area contributed by atoms with Crippen molar-refractivity contribution in [3.05, 3.63) is 115 Å². The fraction of sp³-hybridized carbons (Fsp3) is 0. The number of hydrogen-bond acceptors (Lipinski definition) is 2. The lowest BCUT2D eigenvalue weighted by atomic mass is 10.0. The first kappa shape index (κ1) is 16.8. The monoisotopic (exact) mass is 349 g/mol. The predicted molar refractivity (Wildman–Crippen MR) is 112 cm³/mol. The van der Waals surface area contributed by atoms with E-state index in [-0.39, 0.29) is 0 Å². The van der Waals surface area contributed by atoms with Gasteiger partial charge in [0.15, 0.2) is 0 Å². The third-order valence-electron chi connectivity index (χ3n) is 4.53. The van der Waals surface area contributed by atoms with Gasteiger partial charge in [0.2, 0.25) is 0 Å². The van der Waals surface area contributed by atoms with Gasteiger partial charge in [-0.3, -0.25) is 4.79 Å². The molecule has 4 aromatic rings. The lowest BCUT2D eigenvalue weighted by molar-refractivity contribution is 0.112. The molecule has 0 fully saturated rings. The summed E-state index contributed by atoms with van der Waals surface area (Å²) in [5.41, 5.74) is 6.16. The largest absolute Gasteiger partial charge is 0.310 e. The van der Waals surface area contributed by atoms with Crippen molar-refractivity contribution in [2.45, 2.75) is 0 Å². The van der Waals surface area contributed by atoms with Crippen LogP contribution in [0.5, 0.6) is 0 Å². The Morgan fingerprint density at radius 2 is 1.07 bits per heavy atom. The van der Waals surface area contributed by atoms with Crippen LogP contribution in [-0.4, -0.2) is 6.29 Å². The second kappa shape index (κ2) is 7.71. The summed E-state index contributed by atoms with van der Waals surface area (Å²) in [6.07, 6.45) is 0.871. The minimum Gasteiger partial charge on any atom is -0.310 e. The Kier molecular flexibility index (Phi) is 4.80. The summed E-state index contributed by atoms with van der Waals surface area (Å²) in [5, 5.41) is 0. The normalized spacial score (nSPS) is 10.4. The van der Waals surface area contributed by atoms with E-state index in [1.54, 1.807) is 0 Å². The molecule has 0 saturated heterocycles. The van der Waals surface area contributed by atoms with E-state index in [0.29, 0.717) is 5.56 Å². The van der Waals surface area contributed by atoms with Crippen LogP contribution in [0.4, 0.5) is 17.1 Å². The Balaban J connectivity index is 1.89. The van der Waals surface area contributed by atoms with Gasteiger partial charge in [0.25, 0.3) is 0 Å². The predicted octanol–water partition coefficient (Wildman–Crippen LogP) is 6.64. The molecule has 27 heavy (non-hydrogen) atoms. The lowest BCUT2D eigenvalue weighted by Gasteiger charge is -2.27. The highest BCUT2D eigenvalue weighted by Crippen LogP contribution is 2.40. The number of nitrogens with zero attached hydrogens (tertiary/aromatic N) is 1. The van der Waals surface area contributed by atoms with Crippen molar-refractivity contribution in [2.75, 3.05) is 4.90 Å². The molecule has 0 aliphatic carbocycles. The van der Waals surface area contributed by atoms with E-state index in [9.17, 15) is 4.79 Å². The first-order chi connectivity index (χ1) is 13.4. The molecule has 0 aliphatic rings. The van der Waals surface area contributed by atoms with Crippen LogP contribution < -0.4 is 4.90 Å². The molecule has 0 aliphatic heterocycles. The maximum absolute atomic E-state index is 11.0. The number of rotatable bonds is 5. The van der Waals surface area contributed by atoms with E-state index in [4.69, 9.17) is 0 Å². The Bertz CT molecular complexity index is 985. The molecule has 0 N–H and O–H groups in total. The molecule has 0 heterocycles.